The summed E-state index contributed by atoms with van der Waals surface area (Å²) in [7, 11) is 0. The lowest BCUT2D eigenvalue weighted by Crippen LogP contribution is -2.01. The number of phenols is 2. The van der Waals surface area contributed by atoms with Crippen molar-refractivity contribution in [2.75, 3.05) is 0 Å². The molecule has 0 saturated heterocycles. The van der Waals surface area contributed by atoms with Crippen LogP contribution in [0.25, 0.3) is 10.8 Å². The average molecular weight is 218 g/mol. The van der Waals surface area contributed by atoms with E-state index in [1.54, 1.807) is 24.3 Å². The van der Waals surface area contributed by atoms with Crippen molar-refractivity contribution < 1.29 is 20.1 Å². The van der Waals surface area contributed by atoms with Crippen molar-refractivity contribution in [2.45, 2.75) is 6.92 Å². The molecule has 2 aromatic carbocycles. The normalized spacial score (nSPS) is 10.6. The molecule has 0 heterocycles. The molecule has 4 heteroatoms. The number of benzene rings is 2. The first-order valence-electron chi connectivity index (χ1n) is 4.70. The number of fused-ring (bicyclic) bond motifs is 1. The van der Waals surface area contributed by atoms with Gasteiger partial charge in [0.1, 0.15) is 17.1 Å². The maximum atomic E-state index is 11.0. The van der Waals surface area contributed by atoms with Crippen molar-refractivity contribution in [2.24, 2.45) is 0 Å². The Morgan fingerprint density at radius 3 is 2.06 bits per heavy atom. The van der Waals surface area contributed by atoms with Crippen molar-refractivity contribution in [3.8, 4) is 11.5 Å². The van der Waals surface area contributed by atoms with Crippen LogP contribution in [0.3, 0.4) is 0 Å². The number of carbonyl (C=O) groups is 1. The smallest absolute Gasteiger partial charge is 0.339 e. The maximum absolute atomic E-state index is 11.0. The number of rotatable bonds is 1. The van der Waals surface area contributed by atoms with Crippen molar-refractivity contribution in [3.63, 3.8) is 0 Å². The molecule has 0 unspecified atom stereocenters. The lowest BCUT2D eigenvalue weighted by atomic mass is 9.99. The molecule has 2 rings (SSSR count). The van der Waals surface area contributed by atoms with Gasteiger partial charge in [0.15, 0.2) is 0 Å². The van der Waals surface area contributed by atoms with E-state index in [9.17, 15) is 15.0 Å². The molecule has 0 aliphatic rings. The quantitative estimate of drug-likeness (QED) is 0.641. The number of carboxylic acid groups (broad SMARTS) is 1. The maximum Gasteiger partial charge on any atom is 0.339 e. The molecule has 16 heavy (non-hydrogen) atoms. The van der Waals surface area contributed by atoms with E-state index in [1.165, 1.54) is 6.92 Å². The summed E-state index contributed by atoms with van der Waals surface area (Å²) in [5.41, 5.74) is -0.0834. The first-order valence-corrected chi connectivity index (χ1v) is 4.70. The minimum Gasteiger partial charge on any atom is -0.507 e. The lowest BCUT2D eigenvalue weighted by Gasteiger charge is -2.10. The molecular weight excluding hydrogens is 208 g/mol. The zero-order valence-corrected chi connectivity index (χ0v) is 8.56. The summed E-state index contributed by atoms with van der Waals surface area (Å²) in [6.45, 7) is 1.46. The van der Waals surface area contributed by atoms with E-state index >= 15 is 0 Å². The molecule has 0 amide bonds. The summed E-state index contributed by atoms with van der Waals surface area (Å²) in [5.74, 6) is -1.67. The molecule has 2 aromatic rings. The number of hydrogen-bond acceptors (Lipinski definition) is 3. The van der Waals surface area contributed by atoms with Crippen LogP contribution in [0.5, 0.6) is 11.5 Å². The van der Waals surface area contributed by atoms with Crippen molar-refractivity contribution >= 4 is 16.7 Å². The Kier molecular flexibility index (Phi) is 2.20. The van der Waals surface area contributed by atoms with E-state index in [2.05, 4.69) is 0 Å². The van der Waals surface area contributed by atoms with Crippen LogP contribution in [0.15, 0.2) is 24.3 Å². The van der Waals surface area contributed by atoms with E-state index in [0.717, 1.165) is 0 Å². The molecule has 0 aromatic heterocycles. The number of aromatic carboxylic acids is 1. The summed E-state index contributed by atoms with van der Waals surface area (Å²) >= 11 is 0. The second-order valence-corrected chi connectivity index (χ2v) is 3.55. The van der Waals surface area contributed by atoms with Gasteiger partial charge in [-0.25, -0.2) is 4.79 Å². The van der Waals surface area contributed by atoms with Crippen LogP contribution in [0.2, 0.25) is 0 Å². The number of phenolic OH excluding ortho intramolecular Hbond substituents is 1. The van der Waals surface area contributed by atoms with Gasteiger partial charge < -0.3 is 15.3 Å². The fraction of sp³-hybridized carbons (Fsp3) is 0.0833. The Hall–Kier alpha value is -2.23. The van der Waals surface area contributed by atoms with Gasteiger partial charge in [-0.15, -0.1) is 0 Å². The van der Waals surface area contributed by atoms with Crippen molar-refractivity contribution in [1.82, 2.24) is 0 Å². The molecule has 3 N–H and O–H groups in total. The topological polar surface area (TPSA) is 77.8 Å². The first kappa shape index (κ1) is 10.3. The van der Waals surface area contributed by atoms with Gasteiger partial charge in [0.2, 0.25) is 0 Å². The Balaban J connectivity index is 3.00. The molecule has 0 spiro atoms. The third kappa shape index (κ3) is 1.27. The SMILES string of the molecule is Cc1c(C(=O)O)c(O)c2ccccc2c1O. The van der Waals surface area contributed by atoms with Crippen LogP contribution in [0.4, 0.5) is 0 Å². The molecule has 0 aliphatic carbocycles. The largest absolute Gasteiger partial charge is 0.507 e. The van der Waals surface area contributed by atoms with Crippen molar-refractivity contribution in [1.29, 1.82) is 0 Å². The van der Waals surface area contributed by atoms with Gasteiger partial charge >= 0.3 is 5.97 Å². The fourth-order valence-electron chi connectivity index (χ4n) is 1.79. The molecule has 0 radical (unpaired) electrons. The van der Waals surface area contributed by atoms with E-state index < -0.39 is 5.97 Å². The summed E-state index contributed by atoms with van der Waals surface area (Å²) < 4.78 is 0. The van der Waals surface area contributed by atoms with Crippen LogP contribution in [-0.4, -0.2) is 21.3 Å². The van der Waals surface area contributed by atoms with E-state index in [0.29, 0.717) is 10.8 Å². The molecular formula is C12H10O4. The summed E-state index contributed by atoms with van der Waals surface area (Å²) in [5, 5.41) is 29.4. The van der Waals surface area contributed by atoms with Gasteiger partial charge in [0, 0.05) is 16.3 Å². The Bertz CT molecular complexity index is 587. The Morgan fingerprint density at radius 2 is 1.56 bits per heavy atom. The monoisotopic (exact) mass is 218 g/mol. The number of aromatic hydroxyl groups is 2. The van der Waals surface area contributed by atoms with Gasteiger partial charge in [-0.2, -0.15) is 0 Å². The van der Waals surface area contributed by atoms with Gasteiger partial charge in [-0.3, -0.25) is 0 Å². The highest BCUT2D eigenvalue weighted by atomic mass is 16.4. The van der Waals surface area contributed by atoms with Crippen molar-refractivity contribution in [3.05, 3.63) is 35.4 Å². The summed E-state index contributed by atoms with van der Waals surface area (Å²) in [4.78, 5) is 11.0. The summed E-state index contributed by atoms with van der Waals surface area (Å²) in [6.07, 6.45) is 0. The molecule has 82 valence electrons. The third-order valence-electron chi connectivity index (χ3n) is 2.62. The molecule has 0 bridgehead atoms. The number of hydrogen-bond donors (Lipinski definition) is 3. The van der Waals surface area contributed by atoms with Crippen LogP contribution in [0.1, 0.15) is 15.9 Å². The zero-order chi connectivity index (χ0) is 11.9. The molecule has 0 aliphatic heterocycles. The Morgan fingerprint density at radius 1 is 1.06 bits per heavy atom. The second-order valence-electron chi connectivity index (χ2n) is 3.55. The highest BCUT2D eigenvalue weighted by Crippen LogP contribution is 2.38. The van der Waals surface area contributed by atoms with Crippen LogP contribution >= 0.6 is 0 Å². The lowest BCUT2D eigenvalue weighted by molar-refractivity contribution is 0.0692. The fourth-order valence-corrected chi connectivity index (χ4v) is 1.79. The van der Waals surface area contributed by atoms with Gasteiger partial charge in [-0.05, 0) is 6.92 Å². The molecule has 4 nitrogen and oxygen atoms in total. The highest BCUT2D eigenvalue weighted by Gasteiger charge is 2.20. The van der Waals surface area contributed by atoms with E-state index in [-0.39, 0.29) is 22.6 Å². The first-order chi connectivity index (χ1) is 7.54. The minimum absolute atomic E-state index is 0.106. The van der Waals surface area contributed by atoms with E-state index in [1.807, 2.05) is 0 Å². The average Bonchev–Trinajstić information content (AvgIpc) is 2.26. The van der Waals surface area contributed by atoms with E-state index in [4.69, 9.17) is 5.11 Å². The van der Waals surface area contributed by atoms with Gasteiger partial charge in [-0.1, -0.05) is 24.3 Å². The predicted molar refractivity (Wildman–Crippen MR) is 59.0 cm³/mol. The zero-order valence-electron chi connectivity index (χ0n) is 8.56. The second kappa shape index (κ2) is 3.41. The van der Waals surface area contributed by atoms with Crippen LogP contribution < -0.4 is 0 Å². The predicted octanol–water partition coefficient (Wildman–Crippen LogP) is 2.26. The molecule has 0 atom stereocenters. The number of carboxylic acids is 1. The Labute approximate surface area is 91.4 Å². The molecule has 0 fully saturated rings. The standard InChI is InChI=1S/C12H10O4/c1-6-9(12(15)16)11(14)8-5-3-2-4-7(8)10(6)13/h2-5,13-14H,1H3,(H,15,16). The van der Waals surface area contributed by atoms with Gasteiger partial charge in [0.05, 0.1) is 0 Å². The summed E-state index contributed by atoms with van der Waals surface area (Å²) in [6, 6.07) is 6.57. The highest BCUT2D eigenvalue weighted by molar-refractivity contribution is 6.04. The third-order valence-corrected chi connectivity index (χ3v) is 2.62. The van der Waals surface area contributed by atoms with Crippen LogP contribution in [0, 0.1) is 6.92 Å². The minimum atomic E-state index is -1.25. The molecule has 0 saturated carbocycles. The van der Waals surface area contributed by atoms with Gasteiger partial charge in [0.25, 0.3) is 0 Å². The van der Waals surface area contributed by atoms with Crippen LogP contribution in [-0.2, 0) is 0 Å².